The Morgan fingerprint density at radius 3 is 2.69 bits per heavy atom. The molecule has 90 valence electrons. The zero-order valence-electron chi connectivity index (χ0n) is 9.79. The van der Waals surface area contributed by atoms with Gasteiger partial charge in [0.25, 0.3) is 0 Å². The van der Waals surface area contributed by atoms with Crippen molar-refractivity contribution in [3.8, 4) is 5.75 Å². The molecule has 1 aromatic carbocycles. The summed E-state index contributed by atoms with van der Waals surface area (Å²) >= 11 is 6.01. The summed E-state index contributed by atoms with van der Waals surface area (Å²) < 4.78 is 5.70. The molecule has 0 amide bonds. The van der Waals surface area contributed by atoms with Gasteiger partial charge in [0, 0.05) is 23.2 Å². The van der Waals surface area contributed by atoms with Crippen LogP contribution in [0, 0.1) is 6.92 Å². The molecule has 1 atom stereocenters. The molecule has 0 aromatic heterocycles. The molecule has 0 aliphatic carbocycles. The van der Waals surface area contributed by atoms with Crippen LogP contribution in [0.15, 0.2) is 12.1 Å². The zero-order chi connectivity index (χ0) is 12.1. The predicted octanol–water partition coefficient (Wildman–Crippen LogP) is 2.40. The number of ether oxygens (including phenoxy) is 1. The maximum atomic E-state index is 6.01. The summed E-state index contributed by atoms with van der Waals surface area (Å²) in [6, 6.07) is 3.47. The van der Waals surface area contributed by atoms with E-state index in [2.05, 4.69) is 6.92 Å². The summed E-state index contributed by atoms with van der Waals surface area (Å²) in [5.41, 5.74) is 13.4. The number of benzene rings is 1. The van der Waals surface area contributed by atoms with Crippen molar-refractivity contribution in [2.75, 3.05) is 13.2 Å². The molecule has 1 unspecified atom stereocenters. The Bertz CT molecular complexity index is 355. The Morgan fingerprint density at radius 2 is 2.12 bits per heavy atom. The summed E-state index contributed by atoms with van der Waals surface area (Å²) in [6.45, 7) is 5.08. The number of nitrogens with two attached hydrogens (primary N) is 2. The number of aryl methyl sites for hydroxylation is 1. The fraction of sp³-hybridized carbons (Fsp3) is 0.500. The summed E-state index contributed by atoms with van der Waals surface area (Å²) in [6.07, 6.45) is 0.958. The molecule has 16 heavy (non-hydrogen) atoms. The minimum Gasteiger partial charge on any atom is -0.493 e. The van der Waals surface area contributed by atoms with Crippen LogP contribution in [0.4, 0.5) is 0 Å². The van der Waals surface area contributed by atoms with Crippen molar-refractivity contribution in [2.45, 2.75) is 26.3 Å². The molecule has 0 fully saturated rings. The Labute approximate surface area is 102 Å². The van der Waals surface area contributed by atoms with Gasteiger partial charge in [0.2, 0.25) is 0 Å². The summed E-state index contributed by atoms with van der Waals surface area (Å²) in [5, 5.41) is 0.667. The van der Waals surface area contributed by atoms with Crippen LogP contribution in [0.25, 0.3) is 0 Å². The van der Waals surface area contributed by atoms with E-state index in [0.717, 1.165) is 23.3 Å². The second kappa shape index (κ2) is 6.09. The van der Waals surface area contributed by atoms with Crippen LogP contribution >= 0.6 is 11.6 Å². The van der Waals surface area contributed by atoms with E-state index in [0.29, 0.717) is 18.2 Å². The summed E-state index contributed by atoms with van der Waals surface area (Å²) in [4.78, 5) is 0. The number of hydrogen-bond acceptors (Lipinski definition) is 3. The van der Waals surface area contributed by atoms with Gasteiger partial charge in [-0.1, -0.05) is 18.5 Å². The van der Waals surface area contributed by atoms with Gasteiger partial charge < -0.3 is 16.2 Å². The average molecular weight is 243 g/mol. The monoisotopic (exact) mass is 242 g/mol. The van der Waals surface area contributed by atoms with E-state index in [1.807, 2.05) is 19.1 Å². The third-order valence-electron chi connectivity index (χ3n) is 2.37. The fourth-order valence-electron chi connectivity index (χ4n) is 1.56. The van der Waals surface area contributed by atoms with Crippen molar-refractivity contribution < 1.29 is 4.74 Å². The Kier molecular flexibility index (Phi) is 5.06. The van der Waals surface area contributed by atoms with Crippen molar-refractivity contribution in [1.82, 2.24) is 0 Å². The van der Waals surface area contributed by atoms with Gasteiger partial charge >= 0.3 is 0 Å². The smallest absolute Gasteiger partial charge is 0.127 e. The lowest BCUT2D eigenvalue weighted by Crippen LogP contribution is -2.22. The van der Waals surface area contributed by atoms with Crippen LogP contribution < -0.4 is 16.2 Å². The van der Waals surface area contributed by atoms with E-state index in [-0.39, 0.29) is 6.04 Å². The van der Waals surface area contributed by atoms with Crippen LogP contribution in [0.1, 0.15) is 30.5 Å². The highest BCUT2D eigenvalue weighted by atomic mass is 35.5. The fourth-order valence-corrected chi connectivity index (χ4v) is 1.84. The Hall–Kier alpha value is -0.770. The molecular weight excluding hydrogens is 224 g/mol. The van der Waals surface area contributed by atoms with Crippen molar-refractivity contribution >= 4 is 11.6 Å². The second-order valence-electron chi connectivity index (χ2n) is 3.83. The number of hydrogen-bond donors (Lipinski definition) is 2. The van der Waals surface area contributed by atoms with Crippen LogP contribution in [-0.2, 0) is 0 Å². The van der Waals surface area contributed by atoms with Crippen LogP contribution in [-0.4, -0.2) is 13.2 Å². The van der Waals surface area contributed by atoms with Gasteiger partial charge in [-0.2, -0.15) is 0 Å². The highest BCUT2D eigenvalue weighted by Crippen LogP contribution is 2.31. The van der Waals surface area contributed by atoms with Gasteiger partial charge in [0.1, 0.15) is 5.75 Å². The molecule has 0 aliphatic rings. The molecule has 0 saturated heterocycles. The minimum absolute atomic E-state index is 0.232. The third kappa shape index (κ3) is 3.11. The first kappa shape index (κ1) is 13.3. The van der Waals surface area contributed by atoms with Crippen molar-refractivity contribution in [1.29, 1.82) is 0 Å². The number of halogens is 1. The first-order valence-electron chi connectivity index (χ1n) is 5.48. The normalized spacial score (nSPS) is 12.6. The topological polar surface area (TPSA) is 61.3 Å². The molecule has 0 spiro atoms. The first-order chi connectivity index (χ1) is 7.60. The van der Waals surface area contributed by atoms with E-state index in [1.54, 1.807) is 0 Å². The number of rotatable bonds is 5. The van der Waals surface area contributed by atoms with E-state index in [1.165, 1.54) is 0 Å². The SMILES string of the molecule is CCCOc1c(C)cc(Cl)cc1C(N)CN. The molecular formula is C12H19ClN2O. The van der Waals surface area contributed by atoms with Crippen molar-refractivity contribution in [3.63, 3.8) is 0 Å². The third-order valence-corrected chi connectivity index (χ3v) is 2.59. The zero-order valence-corrected chi connectivity index (χ0v) is 10.6. The van der Waals surface area contributed by atoms with E-state index >= 15 is 0 Å². The van der Waals surface area contributed by atoms with Crippen molar-refractivity contribution in [2.24, 2.45) is 11.5 Å². The lowest BCUT2D eigenvalue weighted by Gasteiger charge is -2.18. The molecule has 0 bridgehead atoms. The maximum absolute atomic E-state index is 6.01. The average Bonchev–Trinajstić information content (AvgIpc) is 2.26. The largest absolute Gasteiger partial charge is 0.493 e. The predicted molar refractivity (Wildman–Crippen MR) is 68.0 cm³/mol. The van der Waals surface area contributed by atoms with Crippen molar-refractivity contribution in [3.05, 3.63) is 28.3 Å². The highest BCUT2D eigenvalue weighted by molar-refractivity contribution is 6.30. The first-order valence-corrected chi connectivity index (χ1v) is 5.86. The molecule has 3 nitrogen and oxygen atoms in total. The van der Waals surface area contributed by atoms with Crippen LogP contribution in [0.2, 0.25) is 5.02 Å². The molecule has 1 rings (SSSR count). The molecule has 0 heterocycles. The van der Waals surface area contributed by atoms with E-state index in [4.69, 9.17) is 27.8 Å². The minimum atomic E-state index is -0.232. The van der Waals surface area contributed by atoms with Gasteiger partial charge in [-0.05, 0) is 31.0 Å². The lowest BCUT2D eigenvalue weighted by atomic mass is 10.0. The van der Waals surface area contributed by atoms with Gasteiger partial charge in [-0.3, -0.25) is 0 Å². The summed E-state index contributed by atoms with van der Waals surface area (Å²) in [7, 11) is 0. The standard InChI is InChI=1S/C12H19ClN2O/c1-3-4-16-12-8(2)5-9(13)6-10(12)11(15)7-14/h5-6,11H,3-4,7,14-15H2,1-2H3. The summed E-state index contributed by atoms with van der Waals surface area (Å²) in [5.74, 6) is 0.823. The quantitative estimate of drug-likeness (QED) is 0.834. The van der Waals surface area contributed by atoms with Crippen LogP contribution in [0.5, 0.6) is 5.75 Å². The molecule has 0 radical (unpaired) electrons. The van der Waals surface area contributed by atoms with Gasteiger partial charge in [0.05, 0.1) is 6.61 Å². The molecule has 0 saturated carbocycles. The van der Waals surface area contributed by atoms with Gasteiger partial charge in [-0.15, -0.1) is 0 Å². The Morgan fingerprint density at radius 1 is 1.44 bits per heavy atom. The molecule has 4 heteroatoms. The van der Waals surface area contributed by atoms with Gasteiger partial charge in [0.15, 0.2) is 0 Å². The van der Waals surface area contributed by atoms with E-state index < -0.39 is 0 Å². The van der Waals surface area contributed by atoms with E-state index in [9.17, 15) is 0 Å². The maximum Gasteiger partial charge on any atom is 0.127 e. The molecule has 0 aliphatic heterocycles. The van der Waals surface area contributed by atoms with Crippen LogP contribution in [0.3, 0.4) is 0 Å². The molecule has 1 aromatic rings. The lowest BCUT2D eigenvalue weighted by molar-refractivity contribution is 0.310. The molecule has 4 N–H and O–H groups in total. The van der Waals surface area contributed by atoms with Gasteiger partial charge in [-0.25, -0.2) is 0 Å². The second-order valence-corrected chi connectivity index (χ2v) is 4.27. The highest BCUT2D eigenvalue weighted by Gasteiger charge is 2.14. The Balaban J connectivity index is 3.10.